The third-order valence-corrected chi connectivity index (χ3v) is 2.77. The highest BCUT2D eigenvalue weighted by Gasteiger charge is 2.23. The number of benzene rings is 1. The standard InChI is InChI=1S/C14H18N2O4/c1-8(2)12(13(18)19)16-14(20)15-11-6-4-10(5-7-11)9(3)17/h4-8,12H,1-3H3,(H,18,19)(H2,15,16,20)/t12-/m0/s1. The van der Waals surface area contributed by atoms with Gasteiger partial charge < -0.3 is 15.7 Å². The zero-order valence-electron chi connectivity index (χ0n) is 11.6. The van der Waals surface area contributed by atoms with Crippen molar-refractivity contribution >= 4 is 23.5 Å². The smallest absolute Gasteiger partial charge is 0.326 e. The molecule has 1 aromatic rings. The van der Waals surface area contributed by atoms with Gasteiger partial charge in [-0.15, -0.1) is 0 Å². The van der Waals surface area contributed by atoms with Gasteiger partial charge in [-0.05, 0) is 37.1 Å². The molecular weight excluding hydrogens is 260 g/mol. The van der Waals surface area contributed by atoms with Crippen LogP contribution in [0.25, 0.3) is 0 Å². The van der Waals surface area contributed by atoms with Crippen LogP contribution in [0.5, 0.6) is 0 Å². The average Bonchev–Trinajstić information content (AvgIpc) is 2.35. The first-order chi connectivity index (χ1) is 9.31. The Balaban J connectivity index is 2.66. The summed E-state index contributed by atoms with van der Waals surface area (Å²) in [7, 11) is 0. The summed E-state index contributed by atoms with van der Waals surface area (Å²) in [5.74, 6) is -1.37. The summed E-state index contributed by atoms with van der Waals surface area (Å²) in [6, 6.07) is 4.81. The number of urea groups is 1. The molecule has 0 bridgehead atoms. The summed E-state index contributed by atoms with van der Waals surface area (Å²) in [4.78, 5) is 33.8. The van der Waals surface area contributed by atoms with Crippen LogP contribution in [-0.2, 0) is 4.79 Å². The van der Waals surface area contributed by atoms with Gasteiger partial charge in [0.1, 0.15) is 6.04 Å². The van der Waals surface area contributed by atoms with Gasteiger partial charge >= 0.3 is 12.0 Å². The summed E-state index contributed by atoms with van der Waals surface area (Å²) in [6.45, 7) is 4.87. The molecule has 1 atom stereocenters. The van der Waals surface area contributed by atoms with Crippen molar-refractivity contribution in [3.63, 3.8) is 0 Å². The summed E-state index contributed by atoms with van der Waals surface area (Å²) < 4.78 is 0. The molecule has 0 aromatic heterocycles. The van der Waals surface area contributed by atoms with Crippen molar-refractivity contribution in [2.75, 3.05) is 5.32 Å². The highest BCUT2D eigenvalue weighted by molar-refractivity contribution is 5.96. The lowest BCUT2D eigenvalue weighted by atomic mass is 10.1. The summed E-state index contributed by atoms with van der Waals surface area (Å²) in [5.41, 5.74) is 1.03. The zero-order chi connectivity index (χ0) is 15.3. The summed E-state index contributed by atoms with van der Waals surface area (Å²) in [6.07, 6.45) is 0. The van der Waals surface area contributed by atoms with Gasteiger partial charge in [-0.2, -0.15) is 0 Å². The number of amides is 2. The van der Waals surface area contributed by atoms with E-state index in [-0.39, 0.29) is 11.7 Å². The van der Waals surface area contributed by atoms with Crippen LogP contribution in [0.4, 0.5) is 10.5 Å². The minimum atomic E-state index is -1.08. The lowest BCUT2D eigenvalue weighted by Crippen LogP contribution is -2.46. The second-order valence-electron chi connectivity index (χ2n) is 4.79. The molecule has 0 radical (unpaired) electrons. The fraction of sp³-hybridized carbons (Fsp3) is 0.357. The number of carbonyl (C=O) groups excluding carboxylic acids is 2. The Hall–Kier alpha value is -2.37. The molecule has 1 aromatic carbocycles. The van der Waals surface area contributed by atoms with Gasteiger partial charge in [0, 0.05) is 11.3 Å². The molecule has 20 heavy (non-hydrogen) atoms. The van der Waals surface area contributed by atoms with E-state index in [0.29, 0.717) is 11.3 Å². The summed E-state index contributed by atoms with van der Waals surface area (Å²) in [5, 5.41) is 13.9. The molecule has 6 nitrogen and oxygen atoms in total. The van der Waals surface area contributed by atoms with Gasteiger partial charge in [0.15, 0.2) is 5.78 Å². The van der Waals surface area contributed by atoms with Gasteiger partial charge in [-0.25, -0.2) is 9.59 Å². The van der Waals surface area contributed by atoms with E-state index < -0.39 is 18.0 Å². The maximum Gasteiger partial charge on any atom is 0.326 e. The fourth-order valence-corrected chi connectivity index (χ4v) is 1.61. The molecule has 0 aliphatic heterocycles. The van der Waals surface area contributed by atoms with Crippen LogP contribution in [0.1, 0.15) is 31.1 Å². The second kappa shape index (κ2) is 6.70. The Morgan fingerprint density at radius 1 is 1.10 bits per heavy atom. The number of carbonyl (C=O) groups is 3. The first-order valence-corrected chi connectivity index (χ1v) is 6.22. The van der Waals surface area contributed by atoms with Crippen molar-refractivity contribution in [1.29, 1.82) is 0 Å². The molecule has 0 spiro atoms. The molecule has 0 fully saturated rings. The van der Waals surface area contributed by atoms with Crippen molar-refractivity contribution in [3.8, 4) is 0 Å². The number of carboxylic acid groups (broad SMARTS) is 1. The predicted octanol–water partition coefficient (Wildman–Crippen LogP) is 2.12. The largest absolute Gasteiger partial charge is 0.480 e. The van der Waals surface area contributed by atoms with Crippen molar-refractivity contribution < 1.29 is 19.5 Å². The molecular formula is C14H18N2O4. The van der Waals surface area contributed by atoms with Crippen LogP contribution in [0.15, 0.2) is 24.3 Å². The van der Waals surface area contributed by atoms with Crippen LogP contribution in [0.3, 0.4) is 0 Å². The van der Waals surface area contributed by atoms with Gasteiger partial charge in [0.05, 0.1) is 0 Å². The van der Waals surface area contributed by atoms with E-state index in [1.54, 1.807) is 38.1 Å². The molecule has 1 rings (SSSR count). The molecule has 0 aliphatic carbocycles. The van der Waals surface area contributed by atoms with Crippen LogP contribution in [0, 0.1) is 5.92 Å². The fourth-order valence-electron chi connectivity index (χ4n) is 1.61. The van der Waals surface area contributed by atoms with Gasteiger partial charge in [-0.1, -0.05) is 13.8 Å². The third-order valence-electron chi connectivity index (χ3n) is 2.77. The average molecular weight is 278 g/mol. The molecule has 0 unspecified atom stereocenters. The van der Waals surface area contributed by atoms with Crippen LogP contribution >= 0.6 is 0 Å². The minimum absolute atomic E-state index is 0.0632. The van der Waals surface area contributed by atoms with Crippen molar-refractivity contribution in [2.45, 2.75) is 26.8 Å². The van der Waals surface area contributed by atoms with E-state index in [4.69, 9.17) is 5.11 Å². The predicted molar refractivity (Wildman–Crippen MR) is 74.9 cm³/mol. The Morgan fingerprint density at radius 2 is 1.65 bits per heavy atom. The van der Waals surface area contributed by atoms with Crippen molar-refractivity contribution in [3.05, 3.63) is 29.8 Å². The van der Waals surface area contributed by atoms with Crippen LogP contribution in [-0.4, -0.2) is 28.9 Å². The Bertz CT molecular complexity index is 508. The number of rotatable bonds is 5. The molecule has 6 heteroatoms. The van der Waals surface area contributed by atoms with Crippen molar-refractivity contribution in [1.82, 2.24) is 5.32 Å². The number of ketones is 1. The first-order valence-electron chi connectivity index (χ1n) is 6.22. The SMILES string of the molecule is CC(=O)c1ccc(NC(=O)N[C@H](C(=O)O)C(C)C)cc1. The van der Waals surface area contributed by atoms with Gasteiger partial charge in [-0.3, -0.25) is 4.79 Å². The number of anilines is 1. The Labute approximate surface area is 117 Å². The number of Topliss-reactive ketones (excluding diaryl/α,β-unsaturated/α-hetero) is 1. The van der Waals surface area contributed by atoms with E-state index in [0.717, 1.165) is 0 Å². The van der Waals surface area contributed by atoms with E-state index >= 15 is 0 Å². The zero-order valence-corrected chi connectivity index (χ0v) is 11.6. The number of carboxylic acids is 1. The van der Waals surface area contributed by atoms with Crippen LogP contribution < -0.4 is 10.6 Å². The third kappa shape index (κ3) is 4.38. The lowest BCUT2D eigenvalue weighted by Gasteiger charge is -2.18. The molecule has 2 amide bonds. The molecule has 0 aliphatic rings. The topological polar surface area (TPSA) is 95.5 Å². The van der Waals surface area contributed by atoms with Gasteiger partial charge in [0.25, 0.3) is 0 Å². The number of hydrogen-bond acceptors (Lipinski definition) is 3. The van der Waals surface area contributed by atoms with E-state index in [1.807, 2.05) is 0 Å². The number of aliphatic carboxylic acids is 1. The normalized spacial score (nSPS) is 11.8. The van der Waals surface area contributed by atoms with E-state index in [9.17, 15) is 14.4 Å². The molecule has 108 valence electrons. The summed E-state index contributed by atoms with van der Waals surface area (Å²) >= 11 is 0. The first kappa shape index (κ1) is 15.7. The lowest BCUT2D eigenvalue weighted by molar-refractivity contribution is -0.140. The van der Waals surface area contributed by atoms with Crippen LogP contribution in [0.2, 0.25) is 0 Å². The minimum Gasteiger partial charge on any atom is -0.480 e. The second-order valence-corrected chi connectivity index (χ2v) is 4.79. The highest BCUT2D eigenvalue weighted by atomic mass is 16.4. The Kier molecular flexibility index (Phi) is 5.25. The monoisotopic (exact) mass is 278 g/mol. The number of hydrogen-bond donors (Lipinski definition) is 3. The molecule has 0 saturated heterocycles. The van der Waals surface area contributed by atoms with E-state index in [1.165, 1.54) is 6.92 Å². The molecule has 0 heterocycles. The maximum atomic E-state index is 11.7. The van der Waals surface area contributed by atoms with E-state index in [2.05, 4.69) is 10.6 Å². The van der Waals surface area contributed by atoms with Gasteiger partial charge in [0.2, 0.25) is 0 Å². The number of nitrogens with one attached hydrogen (secondary N) is 2. The van der Waals surface area contributed by atoms with Crippen molar-refractivity contribution in [2.24, 2.45) is 5.92 Å². The molecule has 0 saturated carbocycles. The maximum absolute atomic E-state index is 11.7. The Morgan fingerprint density at radius 3 is 2.05 bits per heavy atom. The highest BCUT2D eigenvalue weighted by Crippen LogP contribution is 2.10. The quantitative estimate of drug-likeness (QED) is 0.719. The molecule has 3 N–H and O–H groups in total.